The van der Waals surface area contributed by atoms with Crippen LogP contribution in [-0.2, 0) is 10.0 Å². The number of benzene rings is 2. The van der Waals surface area contributed by atoms with E-state index < -0.39 is 10.0 Å². The minimum absolute atomic E-state index is 0.245. The smallest absolute Gasteiger partial charge is 0.241 e. The molecule has 0 saturated carbocycles. The van der Waals surface area contributed by atoms with Crippen LogP contribution in [0.3, 0.4) is 0 Å². The van der Waals surface area contributed by atoms with Gasteiger partial charge in [0.05, 0.1) is 22.2 Å². The van der Waals surface area contributed by atoms with Crippen LogP contribution in [-0.4, -0.2) is 12.4 Å². The van der Waals surface area contributed by atoms with Gasteiger partial charge in [0.1, 0.15) is 0 Å². The molecule has 1 heterocycles. The lowest BCUT2D eigenvalue weighted by atomic mass is 10.1. The fourth-order valence-corrected chi connectivity index (χ4v) is 3.70. The van der Waals surface area contributed by atoms with Gasteiger partial charge < -0.3 is 0 Å². The lowest BCUT2D eigenvalue weighted by Crippen LogP contribution is -2.13. The molecule has 0 N–H and O–H groups in total. The molecular weight excluding hydrogens is 308 g/mol. The third-order valence-corrected chi connectivity index (χ3v) is 5.30. The van der Waals surface area contributed by atoms with E-state index in [1.165, 1.54) is 10.2 Å². The van der Waals surface area contributed by atoms with E-state index in [-0.39, 0.29) is 4.90 Å². The number of hydrogen-bond acceptors (Lipinski definition) is 3. The lowest BCUT2D eigenvalue weighted by Gasteiger charge is -2.11. The average molecular weight is 322 g/mol. The Morgan fingerprint density at radius 2 is 1.61 bits per heavy atom. The van der Waals surface area contributed by atoms with Crippen LogP contribution in [0.15, 0.2) is 71.8 Å². The molecule has 0 radical (unpaired) electrons. The van der Waals surface area contributed by atoms with Crippen molar-refractivity contribution in [1.82, 2.24) is 3.97 Å². The summed E-state index contributed by atoms with van der Waals surface area (Å²) in [6, 6.07) is 19.1. The molecule has 5 heteroatoms. The van der Waals surface area contributed by atoms with Crippen LogP contribution in [0.5, 0.6) is 0 Å². The van der Waals surface area contributed by atoms with Crippen LogP contribution in [0.4, 0.5) is 0 Å². The summed E-state index contributed by atoms with van der Waals surface area (Å²) in [6.07, 6.45) is 1.53. The highest BCUT2D eigenvalue weighted by atomic mass is 32.2. The van der Waals surface area contributed by atoms with Crippen LogP contribution < -0.4 is 0 Å². The lowest BCUT2D eigenvalue weighted by molar-refractivity contribution is 0.588. The highest BCUT2D eigenvalue weighted by Gasteiger charge is 2.19. The van der Waals surface area contributed by atoms with Crippen LogP contribution in [0.1, 0.15) is 11.1 Å². The highest BCUT2D eigenvalue weighted by Crippen LogP contribution is 2.25. The zero-order valence-corrected chi connectivity index (χ0v) is 13.3. The number of nitriles is 1. The molecule has 0 saturated heterocycles. The molecule has 1 aromatic heterocycles. The van der Waals surface area contributed by atoms with E-state index >= 15 is 0 Å². The van der Waals surface area contributed by atoms with Gasteiger partial charge in [-0.1, -0.05) is 29.8 Å². The van der Waals surface area contributed by atoms with Crippen molar-refractivity contribution in [1.29, 1.82) is 5.26 Å². The molecular formula is C18H14N2O2S. The fraction of sp³-hybridized carbons (Fsp3) is 0.0556. The van der Waals surface area contributed by atoms with Gasteiger partial charge in [-0.05, 0) is 48.9 Å². The monoisotopic (exact) mass is 322 g/mol. The Morgan fingerprint density at radius 3 is 2.22 bits per heavy atom. The summed E-state index contributed by atoms with van der Waals surface area (Å²) < 4.78 is 26.9. The van der Waals surface area contributed by atoms with Gasteiger partial charge in [-0.25, -0.2) is 12.4 Å². The fourth-order valence-electron chi connectivity index (χ4n) is 2.34. The summed E-state index contributed by atoms with van der Waals surface area (Å²) in [5, 5.41) is 8.86. The SMILES string of the molecule is Cc1ccc(S(=O)(=O)n2cccc2-c2ccc(C#N)cc2)cc1. The van der Waals surface area contributed by atoms with Crippen LogP contribution in [0.2, 0.25) is 0 Å². The normalized spacial score (nSPS) is 11.1. The Morgan fingerprint density at radius 1 is 0.957 bits per heavy atom. The number of hydrogen-bond donors (Lipinski definition) is 0. The third kappa shape index (κ3) is 2.77. The molecule has 0 spiro atoms. The topological polar surface area (TPSA) is 62.9 Å². The number of rotatable bonds is 3. The second-order valence-electron chi connectivity index (χ2n) is 5.20. The Labute approximate surface area is 135 Å². The van der Waals surface area contributed by atoms with Crippen molar-refractivity contribution in [2.45, 2.75) is 11.8 Å². The van der Waals surface area contributed by atoms with E-state index in [0.717, 1.165) is 11.1 Å². The summed E-state index contributed by atoms with van der Waals surface area (Å²) in [4.78, 5) is 0.245. The van der Waals surface area contributed by atoms with Crippen LogP contribution in [0.25, 0.3) is 11.3 Å². The van der Waals surface area contributed by atoms with Crippen molar-refractivity contribution >= 4 is 10.0 Å². The molecule has 3 aromatic rings. The zero-order chi connectivity index (χ0) is 16.4. The number of aromatic nitrogens is 1. The second kappa shape index (κ2) is 5.75. The molecule has 0 amide bonds. The first-order chi connectivity index (χ1) is 11.0. The summed E-state index contributed by atoms with van der Waals surface area (Å²) >= 11 is 0. The van der Waals surface area contributed by atoms with E-state index in [4.69, 9.17) is 5.26 Å². The number of nitrogens with zero attached hydrogens (tertiary/aromatic N) is 2. The van der Waals surface area contributed by atoms with Gasteiger partial charge >= 0.3 is 0 Å². The largest absolute Gasteiger partial charge is 0.268 e. The average Bonchev–Trinajstić information content (AvgIpc) is 3.06. The Hall–Kier alpha value is -2.84. The summed E-state index contributed by atoms with van der Waals surface area (Å²) in [5.41, 5.74) is 2.84. The minimum Gasteiger partial charge on any atom is -0.241 e. The third-order valence-electron chi connectivity index (χ3n) is 3.60. The summed E-state index contributed by atoms with van der Waals surface area (Å²) in [7, 11) is -3.66. The predicted octanol–water partition coefficient (Wildman–Crippen LogP) is 3.57. The maximum absolute atomic E-state index is 12.8. The van der Waals surface area contributed by atoms with Crippen molar-refractivity contribution in [2.75, 3.05) is 0 Å². The highest BCUT2D eigenvalue weighted by molar-refractivity contribution is 7.90. The van der Waals surface area contributed by atoms with Gasteiger partial charge in [0.15, 0.2) is 0 Å². The first-order valence-electron chi connectivity index (χ1n) is 7.02. The molecule has 2 aromatic carbocycles. The van der Waals surface area contributed by atoms with Crippen molar-refractivity contribution in [3.05, 3.63) is 78.0 Å². The molecule has 3 rings (SSSR count). The van der Waals surface area contributed by atoms with Crippen LogP contribution in [0, 0.1) is 18.3 Å². The molecule has 23 heavy (non-hydrogen) atoms. The first-order valence-corrected chi connectivity index (χ1v) is 8.46. The molecule has 0 fully saturated rings. The van der Waals surface area contributed by atoms with Gasteiger partial charge in [-0.3, -0.25) is 0 Å². The van der Waals surface area contributed by atoms with E-state index in [0.29, 0.717) is 11.3 Å². The van der Waals surface area contributed by atoms with Gasteiger partial charge in [-0.2, -0.15) is 5.26 Å². The maximum atomic E-state index is 12.8. The van der Waals surface area contributed by atoms with Gasteiger partial charge in [0.25, 0.3) is 10.0 Å². The molecule has 0 unspecified atom stereocenters. The van der Waals surface area contributed by atoms with Crippen molar-refractivity contribution < 1.29 is 8.42 Å². The molecule has 4 nitrogen and oxygen atoms in total. The maximum Gasteiger partial charge on any atom is 0.268 e. The Kier molecular flexibility index (Phi) is 3.77. The predicted molar refractivity (Wildman–Crippen MR) is 88.3 cm³/mol. The van der Waals surface area contributed by atoms with E-state index in [1.54, 1.807) is 60.7 Å². The Bertz CT molecular complexity index is 977. The van der Waals surface area contributed by atoms with E-state index in [2.05, 4.69) is 6.07 Å². The second-order valence-corrected chi connectivity index (χ2v) is 7.01. The standard InChI is InChI=1S/C18H14N2O2S/c1-14-4-10-17(11-5-14)23(21,22)20-12-2-3-18(20)16-8-6-15(13-19)7-9-16/h2-12H,1H3. The van der Waals surface area contributed by atoms with Crippen molar-refractivity contribution in [2.24, 2.45) is 0 Å². The molecule has 0 aliphatic rings. The van der Waals surface area contributed by atoms with Gasteiger partial charge in [0.2, 0.25) is 0 Å². The van der Waals surface area contributed by atoms with Gasteiger partial charge in [-0.15, -0.1) is 0 Å². The van der Waals surface area contributed by atoms with Crippen molar-refractivity contribution in [3.8, 4) is 17.3 Å². The Balaban J connectivity index is 2.09. The molecule has 114 valence electrons. The number of aryl methyl sites for hydroxylation is 1. The quantitative estimate of drug-likeness (QED) is 0.740. The van der Waals surface area contributed by atoms with Gasteiger partial charge in [0, 0.05) is 6.20 Å². The zero-order valence-electron chi connectivity index (χ0n) is 12.5. The molecule has 0 aliphatic heterocycles. The molecule has 0 atom stereocenters. The molecule has 0 bridgehead atoms. The van der Waals surface area contributed by atoms with E-state index in [9.17, 15) is 8.42 Å². The van der Waals surface area contributed by atoms with Crippen LogP contribution >= 0.6 is 0 Å². The minimum atomic E-state index is -3.66. The van der Waals surface area contributed by atoms with E-state index in [1.807, 2.05) is 6.92 Å². The summed E-state index contributed by atoms with van der Waals surface area (Å²) in [6.45, 7) is 1.91. The van der Waals surface area contributed by atoms with Crippen molar-refractivity contribution in [3.63, 3.8) is 0 Å². The summed E-state index contributed by atoms with van der Waals surface area (Å²) in [5.74, 6) is 0. The first kappa shape index (κ1) is 15.1. The molecule has 0 aliphatic carbocycles.